The number of ether oxygens (including phenoxy) is 1. The third-order valence-corrected chi connectivity index (χ3v) is 7.75. The largest absolute Gasteiger partial charge is 0.349 e. The van der Waals surface area contributed by atoms with Crippen molar-refractivity contribution in [3.8, 4) is 0 Å². The van der Waals surface area contributed by atoms with Crippen LogP contribution >= 0.6 is 0 Å². The number of nitrogens with one attached hydrogen (secondary N) is 2. The molecule has 0 spiro atoms. The van der Waals surface area contributed by atoms with E-state index in [1.807, 2.05) is 13.0 Å². The van der Waals surface area contributed by atoms with E-state index >= 15 is 0 Å². The van der Waals surface area contributed by atoms with E-state index < -0.39 is 24.5 Å². The Kier molecular flexibility index (Phi) is 9.04. The predicted molar refractivity (Wildman–Crippen MR) is 141 cm³/mol. The molecule has 0 bridgehead atoms. The van der Waals surface area contributed by atoms with Gasteiger partial charge in [-0.1, -0.05) is 6.92 Å². The molecule has 42 heavy (non-hydrogen) atoms. The number of aromatic nitrogens is 6. The van der Waals surface area contributed by atoms with E-state index in [0.717, 1.165) is 29.6 Å². The SMILES string of the molecule is CCCC(=O)N[C@@H](c1cnn2cc([C@@H](NC(=O)c3cnn(CCOC(F)F)n3)C3CCC(F)(F)CC3)nc2c1)C1CC1. The maximum absolute atomic E-state index is 14.0. The number of carbonyl (C=O) groups excluding carboxylic acids is 2. The summed E-state index contributed by atoms with van der Waals surface area (Å²) in [6.45, 7) is -1.41. The molecule has 3 aromatic heterocycles. The van der Waals surface area contributed by atoms with Crippen LogP contribution in [0.25, 0.3) is 5.65 Å². The zero-order chi connectivity index (χ0) is 29.9. The van der Waals surface area contributed by atoms with Gasteiger partial charge in [-0.15, -0.1) is 5.10 Å². The quantitative estimate of drug-likeness (QED) is 0.284. The summed E-state index contributed by atoms with van der Waals surface area (Å²) in [6.07, 6.45) is 7.49. The highest BCUT2D eigenvalue weighted by Crippen LogP contribution is 2.42. The lowest BCUT2D eigenvalue weighted by Gasteiger charge is -2.33. The molecule has 2 aliphatic carbocycles. The van der Waals surface area contributed by atoms with Gasteiger partial charge in [0.1, 0.15) is 0 Å². The first-order chi connectivity index (χ1) is 20.1. The highest BCUT2D eigenvalue weighted by molar-refractivity contribution is 5.92. The topological polar surface area (TPSA) is 128 Å². The van der Waals surface area contributed by atoms with Crippen molar-refractivity contribution in [2.75, 3.05) is 6.61 Å². The van der Waals surface area contributed by atoms with E-state index in [-0.39, 0.29) is 62.4 Å². The first-order valence-corrected chi connectivity index (χ1v) is 14.2. The molecule has 11 nitrogen and oxygen atoms in total. The van der Waals surface area contributed by atoms with Crippen LogP contribution in [-0.2, 0) is 16.1 Å². The molecule has 0 radical (unpaired) electrons. The molecule has 2 aliphatic rings. The molecule has 2 atom stereocenters. The van der Waals surface area contributed by atoms with Crippen LogP contribution < -0.4 is 10.6 Å². The lowest BCUT2D eigenvalue weighted by atomic mass is 9.81. The van der Waals surface area contributed by atoms with Crippen molar-refractivity contribution in [2.24, 2.45) is 11.8 Å². The van der Waals surface area contributed by atoms with Crippen LogP contribution in [0.5, 0.6) is 0 Å². The molecule has 2 fully saturated rings. The smallest absolute Gasteiger partial charge is 0.345 e. The van der Waals surface area contributed by atoms with Gasteiger partial charge in [0.2, 0.25) is 11.8 Å². The molecular weight excluding hydrogens is 560 g/mol. The average Bonchev–Trinajstić information content (AvgIpc) is 3.51. The van der Waals surface area contributed by atoms with Gasteiger partial charge in [-0.2, -0.15) is 23.8 Å². The minimum Gasteiger partial charge on any atom is -0.349 e. The van der Waals surface area contributed by atoms with Gasteiger partial charge in [0.15, 0.2) is 11.3 Å². The number of amides is 2. The Labute approximate surface area is 239 Å². The van der Waals surface area contributed by atoms with Crippen molar-refractivity contribution >= 4 is 17.5 Å². The van der Waals surface area contributed by atoms with Gasteiger partial charge in [0, 0.05) is 19.3 Å². The van der Waals surface area contributed by atoms with Crippen LogP contribution in [0.1, 0.15) is 92.1 Å². The van der Waals surface area contributed by atoms with E-state index in [1.54, 1.807) is 16.9 Å². The van der Waals surface area contributed by atoms with Crippen LogP contribution in [0.2, 0.25) is 0 Å². The fourth-order valence-corrected chi connectivity index (χ4v) is 5.38. The van der Waals surface area contributed by atoms with Gasteiger partial charge < -0.3 is 15.4 Å². The molecule has 2 amide bonds. The Morgan fingerprint density at radius 3 is 2.50 bits per heavy atom. The summed E-state index contributed by atoms with van der Waals surface area (Å²) in [6, 6.07) is 0.966. The van der Waals surface area contributed by atoms with Crippen LogP contribution in [-0.4, -0.2) is 60.5 Å². The van der Waals surface area contributed by atoms with Gasteiger partial charge in [0.25, 0.3) is 5.91 Å². The minimum atomic E-state index is -2.93. The van der Waals surface area contributed by atoms with Crippen molar-refractivity contribution in [1.82, 2.24) is 40.2 Å². The first kappa shape index (κ1) is 29.9. The summed E-state index contributed by atoms with van der Waals surface area (Å²) in [4.78, 5) is 31.3. The number of imidazole rings is 1. The maximum Gasteiger partial charge on any atom is 0.345 e. The monoisotopic (exact) mass is 594 g/mol. The third-order valence-electron chi connectivity index (χ3n) is 7.75. The highest BCUT2D eigenvalue weighted by atomic mass is 19.3. The molecular formula is C27H34F4N8O3. The number of rotatable bonds is 13. The van der Waals surface area contributed by atoms with Gasteiger partial charge >= 0.3 is 6.61 Å². The van der Waals surface area contributed by atoms with Crippen molar-refractivity contribution in [3.63, 3.8) is 0 Å². The second kappa shape index (κ2) is 12.7. The summed E-state index contributed by atoms with van der Waals surface area (Å²) >= 11 is 0. The second-order valence-electron chi connectivity index (χ2n) is 11.0. The maximum atomic E-state index is 14.0. The number of halogens is 4. The molecule has 0 unspecified atom stereocenters. The number of nitrogens with zero attached hydrogens (tertiary/aromatic N) is 6. The van der Waals surface area contributed by atoms with Crippen molar-refractivity contribution in [1.29, 1.82) is 0 Å². The molecule has 15 heteroatoms. The Balaban J connectivity index is 1.37. The fraction of sp³-hybridized carbons (Fsp3) is 0.630. The van der Waals surface area contributed by atoms with Crippen molar-refractivity contribution in [2.45, 2.75) is 89.5 Å². The van der Waals surface area contributed by atoms with E-state index in [4.69, 9.17) is 4.98 Å². The number of alkyl halides is 4. The standard InChI is InChI=1S/C27H34F4N8O3/c1-2-3-22(40)35-23(16-4-5-16)18-12-21-34-20(15-38(21)32-13-18)24(17-6-8-27(30,31)9-7-17)36-25(41)19-14-33-39(37-19)10-11-42-26(28)29/h12-17,23-24,26H,2-11H2,1H3,(H,35,40)(H,36,41)/t23-,24+/m1/s1. The fourth-order valence-electron chi connectivity index (χ4n) is 5.38. The molecule has 2 saturated carbocycles. The Morgan fingerprint density at radius 1 is 1.07 bits per heavy atom. The predicted octanol–water partition coefficient (Wildman–Crippen LogP) is 4.22. The lowest BCUT2D eigenvalue weighted by Crippen LogP contribution is -2.37. The third kappa shape index (κ3) is 7.41. The normalized spacial score (nSPS) is 18.7. The summed E-state index contributed by atoms with van der Waals surface area (Å²) in [7, 11) is 0. The zero-order valence-electron chi connectivity index (χ0n) is 23.2. The van der Waals surface area contributed by atoms with Crippen LogP contribution in [0.4, 0.5) is 17.6 Å². The van der Waals surface area contributed by atoms with Crippen LogP contribution in [0, 0.1) is 11.8 Å². The summed E-state index contributed by atoms with van der Waals surface area (Å²) < 4.78 is 58.2. The summed E-state index contributed by atoms with van der Waals surface area (Å²) in [5.41, 5.74) is 1.73. The minimum absolute atomic E-state index is 0.0198. The van der Waals surface area contributed by atoms with E-state index in [2.05, 4.69) is 30.7 Å². The van der Waals surface area contributed by atoms with Crippen molar-refractivity contribution in [3.05, 3.63) is 41.6 Å². The molecule has 0 aromatic carbocycles. The van der Waals surface area contributed by atoms with Crippen molar-refractivity contribution < 1.29 is 31.9 Å². The summed E-state index contributed by atoms with van der Waals surface area (Å²) in [5, 5.41) is 18.4. The number of hydrogen-bond acceptors (Lipinski definition) is 7. The molecule has 0 aliphatic heterocycles. The van der Waals surface area contributed by atoms with E-state index in [1.165, 1.54) is 6.20 Å². The average molecular weight is 595 g/mol. The molecule has 2 N–H and O–H groups in total. The Hall–Kier alpha value is -3.62. The highest BCUT2D eigenvalue weighted by Gasteiger charge is 2.40. The molecule has 228 valence electrons. The first-order valence-electron chi connectivity index (χ1n) is 14.2. The molecule has 5 rings (SSSR count). The lowest BCUT2D eigenvalue weighted by molar-refractivity contribution is -0.131. The molecule has 3 heterocycles. The van der Waals surface area contributed by atoms with Crippen LogP contribution in [0.15, 0.2) is 24.7 Å². The van der Waals surface area contributed by atoms with Gasteiger partial charge in [-0.05, 0) is 55.6 Å². The van der Waals surface area contributed by atoms with Crippen LogP contribution in [0.3, 0.4) is 0 Å². The Morgan fingerprint density at radius 2 is 1.81 bits per heavy atom. The molecule has 3 aromatic rings. The number of fused-ring (bicyclic) bond motifs is 1. The van der Waals surface area contributed by atoms with Gasteiger partial charge in [0.05, 0.1) is 49.5 Å². The van der Waals surface area contributed by atoms with E-state index in [0.29, 0.717) is 23.7 Å². The van der Waals surface area contributed by atoms with E-state index in [9.17, 15) is 27.2 Å². The Bertz CT molecular complexity index is 1380. The second-order valence-corrected chi connectivity index (χ2v) is 11.0. The summed E-state index contributed by atoms with van der Waals surface area (Å²) in [5.74, 6) is -3.37. The molecule has 0 saturated heterocycles. The number of hydrogen-bond donors (Lipinski definition) is 2. The zero-order valence-corrected chi connectivity index (χ0v) is 23.2. The van der Waals surface area contributed by atoms with Gasteiger partial charge in [-0.3, -0.25) is 9.59 Å². The number of carbonyl (C=O) groups is 2. The van der Waals surface area contributed by atoms with Gasteiger partial charge in [-0.25, -0.2) is 18.3 Å².